The van der Waals surface area contributed by atoms with Crippen LogP contribution >= 0.6 is 23.2 Å². The molecule has 0 spiro atoms. The largest absolute Gasteiger partial charge is 0.487 e. The molecule has 0 unspecified atom stereocenters. The first-order valence-electron chi connectivity index (χ1n) is 13.7. The Morgan fingerprint density at radius 1 is 1.14 bits per heavy atom. The van der Waals surface area contributed by atoms with E-state index in [0.29, 0.717) is 35.2 Å². The number of amides is 1. The first-order valence-corrected chi connectivity index (χ1v) is 15.9. The number of benzene rings is 3. The quantitative estimate of drug-likeness (QED) is 0.163. The van der Waals surface area contributed by atoms with E-state index in [4.69, 9.17) is 39.1 Å². The van der Waals surface area contributed by atoms with Crippen molar-refractivity contribution in [3.05, 3.63) is 98.7 Å². The van der Waals surface area contributed by atoms with E-state index >= 15 is 0 Å². The van der Waals surface area contributed by atoms with Crippen molar-refractivity contribution in [2.45, 2.75) is 50.8 Å². The SMILES string of the molecule is Cc1cc(C)c2cccc(OCc3c(Cl)ccc(S(=O)(=O)N4CCC[C@H]4C(=O)NCc4cccc(C(=N)N)c4)c3Cl)c2n1. The number of pyridine rings is 1. The number of hydrogen-bond acceptors (Lipinski definition) is 6. The van der Waals surface area contributed by atoms with E-state index in [-0.39, 0.29) is 40.5 Å². The van der Waals surface area contributed by atoms with Crippen molar-refractivity contribution in [3.8, 4) is 5.75 Å². The lowest BCUT2D eigenvalue weighted by Crippen LogP contribution is -2.45. The third-order valence-corrected chi connectivity index (χ3v) is 10.3. The van der Waals surface area contributed by atoms with E-state index in [0.717, 1.165) is 22.2 Å². The lowest BCUT2D eigenvalue weighted by atomic mass is 10.1. The third kappa shape index (κ3) is 6.33. The second-order valence-corrected chi connectivity index (χ2v) is 13.1. The highest BCUT2D eigenvalue weighted by Crippen LogP contribution is 2.36. The number of nitrogen functional groups attached to an aromatic ring is 1. The fourth-order valence-corrected chi connectivity index (χ4v) is 7.82. The summed E-state index contributed by atoms with van der Waals surface area (Å²) in [5.74, 6) is 0.0247. The Bertz CT molecular complexity index is 1850. The number of rotatable bonds is 9. The Labute approximate surface area is 260 Å². The Hall–Kier alpha value is -3.70. The highest BCUT2D eigenvalue weighted by molar-refractivity contribution is 7.89. The molecule has 1 amide bonds. The van der Waals surface area contributed by atoms with Crippen molar-refractivity contribution in [1.29, 1.82) is 5.41 Å². The molecule has 0 bridgehead atoms. The van der Waals surface area contributed by atoms with Gasteiger partial charge in [0.15, 0.2) is 0 Å². The monoisotopic (exact) mass is 639 g/mol. The van der Waals surface area contributed by atoms with Gasteiger partial charge in [-0.05, 0) is 68.1 Å². The van der Waals surface area contributed by atoms with E-state index in [2.05, 4.69) is 10.3 Å². The van der Waals surface area contributed by atoms with Gasteiger partial charge in [0, 0.05) is 40.3 Å². The lowest BCUT2D eigenvalue weighted by Gasteiger charge is -2.24. The molecule has 1 saturated heterocycles. The number of nitrogens with two attached hydrogens (primary N) is 1. The van der Waals surface area contributed by atoms with Gasteiger partial charge in [-0.25, -0.2) is 13.4 Å². The van der Waals surface area contributed by atoms with Gasteiger partial charge in [0.2, 0.25) is 15.9 Å². The van der Waals surface area contributed by atoms with Crippen LogP contribution in [0.1, 0.15) is 40.8 Å². The smallest absolute Gasteiger partial charge is 0.245 e. The molecule has 3 aromatic carbocycles. The zero-order valence-corrected chi connectivity index (χ0v) is 26.0. The fraction of sp³-hybridized carbons (Fsp3) is 0.258. The van der Waals surface area contributed by atoms with Gasteiger partial charge in [-0.3, -0.25) is 10.2 Å². The molecule has 0 radical (unpaired) electrons. The number of halogens is 2. The maximum atomic E-state index is 13.9. The summed E-state index contributed by atoms with van der Waals surface area (Å²) in [6.07, 6.45) is 0.887. The Kier molecular flexibility index (Phi) is 8.94. The summed E-state index contributed by atoms with van der Waals surface area (Å²) >= 11 is 13.2. The minimum Gasteiger partial charge on any atom is -0.487 e. The molecule has 9 nitrogen and oxygen atoms in total. The highest BCUT2D eigenvalue weighted by atomic mass is 35.5. The molecule has 2 heterocycles. The Morgan fingerprint density at radius 3 is 2.67 bits per heavy atom. The molecule has 1 fully saturated rings. The number of para-hydroxylation sites is 1. The minimum atomic E-state index is -4.16. The van der Waals surface area contributed by atoms with Crippen molar-refractivity contribution in [2.75, 3.05) is 6.54 Å². The van der Waals surface area contributed by atoms with Crippen LogP contribution in [0.15, 0.2) is 65.6 Å². The van der Waals surface area contributed by atoms with Crippen LogP contribution in [0.5, 0.6) is 5.75 Å². The van der Waals surface area contributed by atoms with Gasteiger partial charge in [-0.15, -0.1) is 0 Å². The number of hydrogen-bond donors (Lipinski definition) is 3. The summed E-state index contributed by atoms with van der Waals surface area (Å²) in [5, 5.41) is 11.6. The van der Waals surface area contributed by atoms with Crippen LogP contribution in [0.3, 0.4) is 0 Å². The topological polar surface area (TPSA) is 138 Å². The second-order valence-electron chi connectivity index (χ2n) is 10.5. The molecule has 0 saturated carbocycles. The van der Waals surface area contributed by atoms with Crippen LogP contribution < -0.4 is 15.8 Å². The van der Waals surface area contributed by atoms with Crippen LogP contribution in [0, 0.1) is 19.3 Å². The predicted octanol–water partition coefficient (Wildman–Crippen LogP) is 5.49. The number of nitrogens with zero attached hydrogens (tertiary/aromatic N) is 2. The summed E-state index contributed by atoms with van der Waals surface area (Å²) in [4.78, 5) is 17.7. The van der Waals surface area contributed by atoms with E-state index in [1.165, 1.54) is 16.4 Å². The normalized spacial score (nSPS) is 15.5. The second kappa shape index (κ2) is 12.5. The number of fused-ring (bicyclic) bond motifs is 1. The van der Waals surface area contributed by atoms with Crippen LogP contribution in [0.25, 0.3) is 10.9 Å². The number of nitrogens with one attached hydrogen (secondary N) is 2. The molecule has 4 N–H and O–H groups in total. The van der Waals surface area contributed by atoms with Gasteiger partial charge in [-0.1, -0.05) is 53.5 Å². The molecular formula is C31H31Cl2N5O4S. The van der Waals surface area contributed by atoms with E-state index < -0.39 is 22.0 Å². The predicted molar refractivity (Wildman–Crippen MR) is 168 cm³/mol. The Balaban J connectivity index is 1.36. The molecule has 5 rings (SSSR count). The summed E-state index contributed by atoms with van der Waals surface area (Å²) in [6.45, 7) is 4.16. The van der Waals surface area contributed by atoms with Gasteiger partial charge in [0.25, 0.3) is 0 Å². The first-order chi connectivity index (χ1) is 20.5. The number of aromatic nitrogens is 1. The minimum absolute atomic E-state index is 0.0554. The van der Waals surface area contributed by atoms with Crippen molar-refractivity contribution >= 4 is 55.9 Å². The average Bonchev–Trinajstić information content (AvgIpc) is 3.47. The highest BCUT2D eigenvalue weighted by Gasteiger charge is 2.40. The molecule has 1 atom stereocenters. The maximum Gasteiger partial charge on any atom is 0.245 e. The van der Waals surface area contributed by atoms with Crippen LogP contribution in [-0.4, -0.2) is 42.0 Å². The van der Waals surface area contributed by atoms with Crippen molar-refractivity contribution < 1.29 is 17.9 Å². The number of amidine groups is 1. The third-order valence-electron chi connectivity index (χ3n) is 7.46. The molecule has 4 aromatic rings. The van der Waals surface area contributed by atoms with Gasteiger partial charge in [0.05, 0.1) is 5.02 Å². The molecular weight excluding hydrogens is 609 g/mol. The van der Waals surface area contributed by atoms with Crippen molar-refractivity contribution in [1.82, 2.24) is 14.6 Å². The number of carbonyl (C=O) groups is 1. The number of carbonyl (C=O) groups excluding carboxylic acids is 1. The van der Waals surface area contributed by atoms with Crippen LogP contribution in [0.4, 0.5) is 0 Å². The molecule has 1 aliphatic rings. The number of aryl methyl sites for hydroxylation is 2. The zero-order chi connectivity index (χ0) is 30.9. The van der Waals surface area contributed by atoms with Crippen molar-refractivity contribution in [3.63, 3.8) is 0 Å². The summed E-state index contributed by atoms with van der Waals surface area (Å²) < 4.78 is 35.1. The molecule has 224 valence electrons. The lowest BCUT2D eigenvalue weighted by molar-refractivity contribution is -0.124. The summed E-state index contributed by atoms with van der Waals surface area (Å²) in [5.41, 5.74) is 9.76. The zero-order valence-electron chi connectivity index (χ0n) is 23.7. The van der Waals surface area contributed by atoms with E-state index in [1.807, 2.05) is 32.0 Å². The average molecular weight is 641 g/mol. The molecule has 1 aliphatic heterocycles. The maximum absolute atomic E-state index is 13.9. The van der Waals surface area contributed by atoms with Crippen LogP contribution in [0.2, 0.25) is 10.0 Å². The van der Waals surface area contributed by atoms with Gasteiger partial charge in [-0.2, -0.15) is 4.31 Å². The first kappa shape index (κ1) is 30.7. The van der Waals surface area contributed by atoms with E-state index in [9.17, 15) is 13.2 Å². The summed E-state index contributed by atoms with van der Waals surface area (Å²) in [6, 6.07) is 16.5. The standard InChI is InChI=1S/C31H31Cl2N5O4S/c1-18-14-19(2)37-29-22(18)8-4-10-26(29)42-17-23-24(32)11-12-27(28(23)33)43(40,41)38-13-5-9-25(38)31(39)36-16-20-6-3-7-21(15-20)30(34)35/h3-4,6-8,10-12,14-15,25H,5,9,13,16-17H2,1-2H3,(H3,34,35)(H,36,39)/t25-/m0/s1. The van der Waals surface area contributed by atoms with Gasteiger partial charge < -0.3 is 15.8 Å². The molecule has 12 heteroatoms. The fourth-order valence-electron chi connectivity index (χ4n) is 5.30. The summed E-state index contributed by atoms with van der Waals surface area (Å²) in [7, 11) is -4.16. The van der Waals surface area contributed by atoms with E-state index in [1.54, 1.807) is 30.3 Å². The van der Waals surface area contributed by atoms with Gasteiger partial charge >= 0.3 is 0 Å². The van der Waals surface area contributed by atoms with Crippen LogP contribution in [-0.2, 0) is 28.0 Å². The molecule has 43 heavy (non-hydrogen) atoms. The van der Waals surface area contributed by atoms with Gasteiger partial charge in [0.1, 0.15) is 34.6 Å². The van der Waals surface area contributed by atoms with Crippen molar-refractivity contribution in [2.24, 2.45) is 5.73 Å². The Morgan fingerprint density at radius 2 is 1.91 bits per heavy atom. The number of ether oxygens (including phenoxy) is 1. The molecule has 0 aliphatic carbocycles. The molecule has 1 aromatic heterocycles. The number of sulfonamides is 1.